The van der Waals surface area contributed by atoms with Gasteiger partial charge in [0, 0.05) is 0 Å². The van der Waals surface area contributed by atoms with Crippen LogP contribution in [0.2, 0.25) is 0 Å². The molecule has 1 saturated heterocycles. The number of hydrogen-bond donors (Lipinski definition) is 1. The van der Waals surface area contributed by atoms with Gasteiger partial charge in [0.15, 0.2) is 0 Å². The molecule has 1 aliphatic rings. The van der Waals surface area contributed by atoms with Crippen LogP contribution < -0.4 is 0 Å². The van der Waals surface area contributed by atoms with E-state index in [0.717, 1.165) is 0 Å². The standard InChI is InChI=1S/C20H21F8NO3S2/c21-33(22,23)16-9-14(10-17(11-16)34(24,25,26,27)28)13-32-18-7-4-8-29(12-19(30)31)20(18)15-5-2-1-3-6-15/h1-3,5-6,9-11,18,20H,4,7-8,12-13H2,(H,30,31)/t18-,20-/m0/s1. The number of ether oxygens (including phenoxy) is 1. The van der Waals surface area contributed by atoms with Crippen molar-refractivity contribution in [3.8, 4) is 0 Å². The first-order valence-electron chi connectivity index (χ1n) is 9.87. The van der Waals surface area contributed by atoms with Crippen LogP contribution in [0.5, 0.6) is 0 Å². The average Bonchev–Trinajstić information content (AvgIpc) is 2.70. The van der Waals surface area contributed by atoms with Gasteiger partial charge < -0.3 is 9.84 Å². The largest absolute Gasteiger partial charge is 0.480 e. The van der Waals surface area contributed by atoms with Crippen molar-refractivity contribution in [2.75, 3.05) is 13.1 Å². The van der Waals surface area contributed by atoms with Gasteiger partial charge in [0.25, 0.3) is 0 Å². The van der Waals surface area contributed by atoms with Crippen LogP contribution in [0.15, 0.2) is 58.3 Å². The summed E-state index contributed by atoms with van der Waals surface area (Å²) in [6.07, 6.45) is 0.0137. The number of carbonyl (C=O) groups is 1. The second-order valence-corrected chi connectivity index (χ2v) is 11.6. The fourth-order valence-electron chi connectivity index (χ4n) is 3.90. The van der Waals surface area contributed by atoms with Crippen LogP contribution in [-0.2, 0) is 16.1 Å². The fraction of sp³-hybridized carbons (Fsp3) is 0.350. The zero-order chi connectivity index (χ0) is 25.4. The Kier molecular flexibility index (Phi) is 6.70. The van der Waals surface area contributed by atoms with Gasteiger partial charge in [-0.2, -0.15) is 0 Å². The molecule has 0 aliphatic carbocycles. The summed E-state index contributed by atoms with van der Waals surface area (Å²) in [5.41, 5.74) is -0.0534. The number of likely N-dealkylation sites (tertiary alicyclic amines) is 1. The summed E-state index contributed by atoms with van der Waals surface area (Å²) in [6, 6.07) is 7.63. The van der Waals surface area contributed by atoms with Crippen LogP contribution in [-0.4, -0.2) is 35.2 Å². The highest BCUT2D eigenvalue weighted by molar-refractivity contribution is 8.45. The molecule has 1 aliphatic heterocycles. The summed E-state index contributed by atoms with van der Waals surface area (Å²) < 4.78 is 112. The Morgan fingerprint density at radius 3 is 2.26 bits per heavy atom. The predicted octanol–water partition coefficient (Wildman–Crippen LogP) is 7.97. The van der Waals surface area contributed by atoms with Crippen LogP contribution in [0.1, 0.15) is 30.0 Å². The minimum Gasteiger partial charge on any atom is -0.480 e. The maximum Gasteiger partial charge on any atom is 0.317 e. The van der Waals surface area contributed by atoms with Gasteiger partial charge in [-0.1, -0.05) is 49.8 Å². The Morgan fingerprint density at radius 1 is 1.06 bits per heavy atom. The molecule has 0 amide bonds. The molecule has 2 atom stereocenters. The Bertz CT molecular complexity index is 1050. The van der Waals surface area contributed by atoms with Crippen molar-refractivity contribution in [2.45, 2.75) is 41.4 Å². The fourth-order valence-corrected chi connectivity index (χ4v) is 5.25. The third-order valence-electron chi connectivity index (χ3n) is 5.28. The number of piperidine rings is 1. The number of rotatable bonds is 8. The molecule has 1 fully saturated rings. The summed E-state index contributed by atoms with van der Waals surface area (Å²) in [6.45, 7) is -0.771. The number of halogens is 8. The van der Waals surface area contributed by atoms with E-state index >= 15 is 0 Å². The molecule has 3 rings (SSSR count). The second kappa shape index (κ2) is 8.57. The van der Waals surface area contributed by atoms with Crippen LogP contribution in [0.4, 0.5) is 31.1 Å². The Balaban J connectivity index is 1.94. The van der Waals surface area contributed by atoms with Crippen molar-refractivity contribution in [2.24, 2.45) is 0 Å². The zero-order valence-electron chi connectivity index (χ0n) is 17.4. The Morgan fingerprint density at radius 2 is 1.71 bits per heavy atom. The topological polar surface area (TPSA) is 49.8 Å². The highest BCUT2D eigenvalue weighted by Gasteiger charge is 2.65. The molecule has 1 N–H and O–H groups in total. The second-order valence-electron chi connectivity index (χ2n) is 7.90. The molecule has 34 heavy (non-hydrogen) atoms. The lowest BCUT2D eigenvalue weighted by Gasteiger charge is -2.41. The number of benzene rings is 2. The van der Waals surface area contributed by atoms with E-state index in [1.807, 2.05) is 0 Å². The number of aliphatic carboxylic acids is 1. The van der Waals surface area contributed by atoms with E-state index in [0.29, 0.717) is 31.0 Å². The van der Waals surface area contributed by atoms with Gasteiger partial charge in [0.2, 0.25) is 11.2 Å². The highest BCUT2D eigenvalue weighted by atomic mass is 32.5. The molecule has 0 radical (unpaired) electrons. The molecule has 0 aromatic heterocycles. The normalized spacial score (nSPS) is 22.6. The van der Waals surface area contributed by atoms with Crippen molar-refractivity contribution in [3.05, 3.63) is 59.7 Å². The molecule has 1 heterocycles. The molecule has 2 aromatic rings. The maximum atomic E-state index is 13.3. The summed E-state index contributed by atoms with van der Waals surface area (Å²) >= 11 is -6.22. The van der Waals surface area contributed by atoms with E-state index < -0.39 is 67.6 Å². The van der Waals surface area contributed by atoms with E-state index in [1.165, 1.54) is 0 Å². The third-order valence-corrected chi connectivity index (χ3v) is 7.17. The van der Waals surface area contributed by atoms with Crippen molar-refractivity contribution in [3.63, 3.8) is 0 Å². The lowest BCUT2D eigenvalue weighted by Crippen LogP contribution is -2.45. The van der Waals surface area contributed by atoms with Gasteiger partial charge in [-0.25, -0.2) is 0 Å². The number of nitrogens with zero attached hydrogens (tertiary/aromatic N) is 1. The van der Waals surface area contributed by atoms with Crippen molar-refractivity contribution in [1.29, 1.82) is 0 Å². The SMILES string of the molecule is O=C(O)CN1CCC[C@H](OCc2cc(S(F)(F)F)cc(S(F)(F)(F)(F)F)c2)[C@@H]1c1ccccc1. The van der Waals surface area contributed by atoms with E-state index in [9.17, 15) is 41.0 Å². The number of hydrogen-bond acceptors (Lipinski definition) is 3. The highest BCUT2D eigenvalue weighted by Crippen LogP contribution is 3.02. The number of carboxylic acids is 1. The first kappa shape index (κ1) is 26.6. The first-order chi connectivity index (χ1) is 15.4. The summed E-state index contributed by atoms with van der Waals surface area (Å²) in [4.78, 5) is 8.47. The predicted molar refractivity (Wildman–Crippen MR) is 113 cm³/mol. The minimum atomic E-state index is -10.4. The van der Waals surface area contributed by atoms with Crippen LogP contribution in [0, 0.1) is 0 Å². The van der Waals surface area contributed by atoms with Crippen molar-refractivity contribution >= 4 is 27.4 Å². The molecule has 0 bridgehead atoms. The molecule has 14 heteroatoms. The van der Waals surface area contributed by atoms with E-state index in [4.69, 9.17) is 4.74 Å². The summed E-state index contributed by atoms with van der Waals surface area (Å²) in [7, 11) is -10.4. The minimum absolute atomic E-state index is 0.0222. The Hall–Kier alpha value is -2.03. The van der Waals surface area contributed by atoms with Gasteiger partial charge in [-0.15, -0.1) is 11.7 Å². The molecular weight excluding hydrogens is 518 g/mol. The summed E-state index contributed by atoms with van der Waals surface area (Å²) in [5, 5.41) is 9.23. The molecule has 2 aromatic carbocycles. The molecule has 192 valence electrons. The van der Waals surface area contributed by atoms with Gasteiger partial charge in [0.1, 0.15) is 4.90 Å². The monoisotopic (exact) mass is 539 g/mol. The van der Waals surface area contributed by atoms with Crippen LogP contribution in [0.3, 0.4) is 0 Å². The third kappa shape index (κ3) is 6.77. The Labute approximate surface area is 192 Å². The lowest BCUT2D eigenvalue weighted by atomic mass is 9.92. The van der Waals surface area contributed by atoms with Crippen molar-refractivity contribution in [1.82, 2.24) is 4.90 Å². The molecule has 0 unspecified atom stereocenters. The molecule has 4 nitrogen and oxygen atoms in total. The van der Waals surface area contributed by atoms with Gasteiger partial charge in [-0.3, -0.25) is 9.69 Å². The lowest BCUT2D eigenvalue weighted by molar-refractivity contribution is -0.141. The quantitative estimate of drug-likeness (QED) is 0.346. The average molecular weight is 540 g/mol. The maximum absolute atomic E-state index is 13.3. The zero-order valence-corrected chi connectivity index (χ0v) is 19.0. The molecule has 0 saturated carbocycles. The number of carboxylic acid groups (broad SMARTS) is 1. The molecule has 0 spiro atoms. The van der Waals surface area contributed by atoms with Crippen LogP contribution in [0.25, 0.3) is 0 Å². The van der Waals surface area contributed by atoms with E-state index in [1.54, 1.807) is 35.2 Å². The first-order valence-corrected chi connectivity index (χ1v) is 13.2. The molecular formula is C20H21F8NO3S2. The van der Waals surface area contributed by atoms with E-state index in [-0.39, 0.29) is 12.6 Å². The van der Waals surface area contributed by atoms with E-state index in [2.05, 4.69) is 0 Å². The van der Waals surface area contributed by atoms with Gasteiger partial charge in [-0.05, 0) is 48.7 Å². The van der Waals surface area contributed by atoms with Gasteiger partial charge in [0.05, 0.1) is 30.2 Å². The van der Waals surface area contributed by atoms with Crippen LogP contribution >= 0.6 is 21.4 Å². The van der Waals surface area contributed by atoms with Crippen molar-refractivity contribution < 1.29 is 45.7 Å². The van der Waals surface area contributed by atoms with Gasteiger partial charge >= 0.3 is 16.2 Å². The smallest absolute Gasteiger partial charge is 0.317 e. The summed E-state index contributed by atoms with van der Waals surface area (Å²) in [5.74, 6) is -1.12.